The molecule has 1 heterocycles. The van der Waals surface area contributed by atoms with E-state index in [-0.39, 0.29) is 24.1 Å². The fourth-order valence-corrected chi connectivity index (χ4v) is 4.71. The van der Waals surface area contributed by atoms with Gasteiger partial charge in [0.1, 0.15) is 11.6 Å². The third-order valence-corrected chi connectivity index (χ3v) is 6.68. The average Bonchev–Trinajstić information content (AvgIpc) is 3.19. The zero-order valence-electron chi connectivity index (χ0n) is 18.1. The highest BCUT2D eigenvalue weighted by molar-refractivity contribution is 7.13. The number of halogens is 2. The van der Waals surface area contributed by atoms with E-state index in [1.54, 1.807) is 41.6 Å². The maximum absolute atomic E-state index is 13.3. The van der Waals surface area contributed by atoms with Crippen LogP contribution in [-0.2, 0) is 23.3 Å². The Labute approximate surface area is 194 Å². The average molecular weight is 471 g/mol. The second kappa shape index (κ2) is 9.66. The minimum Gasteiger partial charge on any atom is -0.339 e. The normalized spacial score (nSPS) is 14.3. The molecule has 1 aromatic heterocycles. The Kier molecular flexibility index (Phi) is 6.69. The van der Waals surface area contributed by atoms with Crippen molar-refractivity contribution in [1.29, 1.82) is 0 Å². The lowest BCUT2D eigenvalue weighted by molar-refractivity contribution is -0.140. The summed E-state index contributed by atoms with van der Waals surface area (Å²) in [6, 6.07) is 11.7. The summed E-state index contributed by atoms with van der Waals surface area (Å²) in [6.45, 7) is 0.482. The Morgan fingerprint density at radius 3 is 2.55 bits per heavy atom. The fraction of sp³-hybridized carbons (Fsp3) is 0.292. The number of carbonyl (C=O) groups excluding carboxylic acids is 2. The molecule has 0 spiro atoms. The number of likely N-dealkylation sites (N-methyl/N-ethyl adjacent to an activating group) is 1. The largest absolute Gasteiger partial charge is 0.339 e. The van der Waals surface area contributed by atoms with Crippen molar-refractivity contribution in [3.05, 3.63) is 82.4 Å². The predicted octanol–water partition coefficient (Wildman–Crippen LogP) is 4.82. The number of amides is 3. The number of hydrogen-bond acceptors (Lipinski definition) is 4. The van der Waals surface area contributed by atoms with Crippen LogP contribution in [0.4, 0.5) is 18.7 Å². The lowest BCUT2D eigenvalue weighted by Gasteiger charge is -2.43. The first-order valence-corrected chi connectivity index (χ1v) is 11.5. The van der Waals surface area contributed by atoms with Crippen LogP contribution in [0.15, 0.2) is 53.9 Å². The number of carbonyl (C=O) groups is 2. The van der Waals surface area contributed by atoms with Crippen molar-refractivity contribution in [2.24, 2.45) is 0 Å². The molecule has 0 bridgehead atoms. The molecule has 0 radical (unpaired) electrons. The number of hydrogen-bond donors (Lipinski definition) is 2. The summed E-state index contributed by atoms with van der Waals surface area (Å²) in [5.74, 6) is -0.701. The second-order valence-electron chi connectivity index (χ2n) is 8.19. The summed E-state index contributed by atoms with van der Waals surface area (Å²) < 4.78 is 26.6. The van der Waals surface area contributed by atoms with Gasteiger partial charge in [-0.15, -0.1) is 11.3 Å². The van der Waals surface area contributed by atoms with Gasteiger partial charge in [-0.05, 0) is 48.2 Å². The van der Waals surface area contributed by atoms with E-state index in [0.29, 0.717) is 22.9 Å². The Hall–Kier alpha value is -3.33. The number of anilines is 1. The fourth-order valence-electron chi connectivity index (χ4n) is 4.01. The third-order valence-electron chi connectivity index (χ3n) is 5.87. The van der Waals surface area contributed by atoms with Crippen LogP contribution in [0.25, 0.3) is 0 Å². The first-order valence-electron chi connectivity index (χ1n) is 10.6. The summed E-state index contributed by atoms with van der Waals surface area (Å²) in [5, 5.41) is 7.51. The van der Waals surface area contributed by atoms with E-state index in [9.17, 15) is 18.4 Å². The highest BCUT2D eigenvalue weighted by atomic mass is 32.1. The van der Waals surface area contributed by atoms with E-state index < -0.39 is 11.4 Å². The first kappa shape index (κ1) is 22.8. The molecule has 9 heteroatoms. The Morgan fingerprint density at radius 1 is 1.12 bits per heavy atom. The molecule has 1 aliphatic carbocycles. The van der Waals surface area contributed by atoms with E-state index in [4.69, 9.17) is 0 Å². The van der Waals surface area contributed by atoms with Crippen molar-refractivity contribution in [2.45, 2.75) is 37.8 Å². The Bertz CT molecular complexity index is 1150. The number of nitrogens with one attached hydrogen (secondary N) is 2. The van der Waals surface area contributed by atoms with Crippen LogP contribution < -0.4 is 10.6 Å². The van der Waals surface area contributed by atoms with Crippen molar-refractivity contribution in [3.63, 3.8) is 0 Å². The van der Waals surface area contributed by atoms with Crippen molar-refractivity contribution >= 4 is 28.4 Å². The molecule has 4 rings (SSSR count). The molecule has 0 unspecified atom stereocenters. The summed E-state index contributed by atoms with van der Waals surface area (Å²) in [4.78, 5) is 31.4. The number of rotatable bonds is 7. The summed E-state index contributed by atoms with van der Waals surface area (Å²) in [5.41, 5.74) is 1.53. The number of aromatic nitrogens is 1. The van der Waals surface area contributed by atoms with Gasteiger partial charge in [0.15, 0.2) is 5.13 Å². The number of thiazole rings is 1. The standard InChI is InChI=1S/C24H24F2N4O2S/c1-30(21(31)24(10-3-11-24)17-6-8-18(25)9-7-17)14-20-15-33-23(28-20)29-22(32)27-13-16-4-2-5-19(26)12-16/h2,4-9,12,15H,3,10-11,13-14H2,1H3,(H2,27,28,29,32). The smallest absolute Gasteiger partial charge is 0.321 e. The van der Waals surface area contributed by atoms with Gasteiger partial charge in [-0.3, -0.25) is 10.1 Å². The van der Waals surface area contributed by atoms with E-state index in [1.807, 2.05) is 0 Å². The molecule has 0 saturated heterocycles. The number of nitrogens with zero attached hydrogens (tertiary/aromatic N) is 2. The third kappa shape index (κ3) is 5.19. The van der Waals surface area contributed by atoms with Gasteiger partial charge in [-0.2, -0.15) is 0 Å². The highest BCUT2D eigenvalue weighted by Crippen LogP contribution is 2.45. The quantitative estimate of drug-likeness (QED) is 0.520. The number of benzene rings is 2. The topological polar surface area (TPSA) is 74.3 Å². The van der Waals surface area contributed by atoms with Crippen LogP contribution in [0.1, 0.15) is 36.1 Å². The summed E-state index contributed by atoms with van der Waals surface area (Å²) in [7, 11) is 1.73. The molecule has 0 aliphatic heterocycles. The summed E-state index contributed by atoms with van der Waals surface area (Å²) in [6.07, 6.45) is 2.42. The van der Waals surface area contributed by atoms with Crippen LogP contribution in [0.2, 0.25) is 0 Å². The lowest BCUT2D eigenvalue weighted by atomic mass is 9.63. The van der Waals surface area contributed by atoms with Crippen molar-refractivity contribution < 1.29 is 18.4 Å². The first-order chi connectivity index (χ1) is 15.9. The number of urea groups is 1. The van der Waals surface area contributed by atoms with Gasteiger partial charge >= 0.3 is 6.03 Å². The Morgan fingerprint density at radius 2 is 1.88 bits per heavy atom. The maximum atomic E-state index is 13.3. The Balaban J connectivity index is 1.33. The zero-order chi connectivity index (χ0) is 23.4. The van der Waals surface area contributed by atoms with E-state index in [0.717, 1.165) is 24.8 Å². The van der Waals surface area contributed by atoms with Crippen LogP contribution in [-0.4, -0.2) is 28.9 Å². The molecule has 6 nitrogen and oxygen atoms in total. The molecule has 2 aromatic carbocycles. The molecule has 3 aromatic rings. The maximum Gasteiger partial charge on any atom is 0.321 e. The van der Waals surface area contributed by atoms with Gasteiger partial charge in [0.05, 0.1) is 17.7 Å². The molecular weight excluding hydrogens is 446 g/mol. The predicted molar refractivity (Wildman–Crippen MR) is 123 cm³/mol. The molecule has 172 valence electrons. The van der Waals surface area contributed by atoms with Crippen molar-refractivity contribution in [3.8, 4) is 0 Å². The van der Waals surface area contributed by atoms with Crippen LogP contribution in [0.3, 0.4) is 0 Å². The second-order valence-corrected chi connectivity index (χ2v) is 9.04. The molecule has 1 fully saturated rings. The van der Waals surface area contributed by atoms with Gasteiger partial charge in [0.2, 0.25) is 5.91 Å². The molecule has 2 N–H and O–H groups in total. The molecule has 33 heavy (non-hydrogen) atoms. The minimum absolute atomic E-state index is 0.0179. The van der Waals surface area contributed by atoms with Crippen LogP contribution >= 0.6 is 11.3 Å². The highest BCUT2D eigenvalue weighted by Gasteiger charge is 2.47. The van der Waals surface area contributed by atoms with Gasteiger partial charge in [0.25, 0.3) is 0 Å². The SMILES string of the molecule is CN(Cc1csc(NC(=O)NCc2cccc(F)c2)n1)C(=O)C1(c2ccc(F)cc2)CCC1. The van der Waals surface area contributed by atoms with Gasteiger partial charge in [-0.25, -0.2) is 18.6 Å². The van der Waals surface area contributed by atoms with Gasteiger partial charge < -0.3 is 10.2 Å². The molecule has 1 saturated carbocycles. The van der Waals surface area contributed by atoms with E-state index in [1.165, 1.54) is 35.6 Å². The molecule has 1 aliphatic rings. The minimum atomic E-state index is -0.615. The molecular formula is C24H24F2N4O2S. The zero-order valence-corrected chi connectivity index (χ0v) is 18.9. The monoisotopic (exact) mass is 470 g/mol. The lowest BCUT2D eigenvalue weighted by Crippen LogP contribution is -2.49. The van der Waals surface area contributed by atoms with E-state index in [2.05, 4.69) is 15.6 Å². The molecule has 3 amide bonds. The van der Waals surface area contributed by atoms with Gasteiger partial charge in [-0.1, -0.05) is 30.7 Å². The van der Waals surface area contributed by atoms with Crippen molar-refractivity contribution in [1.82, 2.24) is 15.2 Å². The van der Waals surface area contributed by atoms with Crippen LogP contribution in [0, 0.1) is 11.6 Å². The van der Waals surface area contributed by atoms with E-state index >= 15 is 0 Å². The van der Waals surface area contributed by atoms with Gasteiger partial charge in [0, 0.05) is 19.0 Å². The molecule has 0 atom stereocenters. The summed E-state index contributed by atoms with van der Waals surface area (Å²) >= 11 is 1.26. The van der Waals surface area contributed by atoms with Crippen molar-refractivity contribution in [2.75, 3.05) is 12.4 Å². The van der Waals surface area contributed by atoms with Crippen LogP contribution in [0.5, 0.6) is 0 Å².